The highest BCUT2D eigenvalue weighted by molar-refractivity contribution is 7.07. The highest BCUT2D eigenvalue weighted by atomic mass is 32.1. The second-order valence-corrected chi connectivity index (χ2v) is 5.68. The van der Waals surface area contributed by atoms with E-state index < -0.39 is 5.97 Å². The average Bonchev–Trinajstić information content (AvgIpc) is 3.15. The van der Waals surface area contributed by atoms with Gasteiger partial charge in [-0.15, -0.1) is 0 Å². The molecule has 26 heavy (non-hydrogen) atoms. The fourth-order valence-electron chi connectivity index (χ4n) is 2.19. The molecule has 0 radical (unpaired) electrons. The SMILES string of the molecule is CO/N=C(\C(=O)OC)c1ccccc1Oc1nc(-c2ccccc2)ns1. The molecule has 0 unspecified atom stereocenters. The van der Waals surface area contributed by atoms with Crippen LogP contribution in [-0.4, -0.2) is 35.3 Å². The van der Waals surface area contributed by atoms with E-state index in [4.69, 9.17) is 14.3 Å². The van der Waals surface area contributed by atoms with Crippen molar-refractivity contribution < 1.29 is 19.1 Å². The smallest absolute Gasteiger partial charge is 0.360 e. The van der Waals surface area contributed by atoms with Crippen LogP contribution in [0, 0.1) is 0 Å². The molecule has 0 aliphatic rings. The molecule has 0 aliphatic heterocycles. The summed E-state index contributed by atoms with van der Waals surface area (Å²) in [6.45, 7) is 0. The van der Waals surface area contributed by atoms with Crippen LogP contribution in [0.4, 0.5) is 0 Å². The topological polar surface area (TPSA) is 82.9 Å². The largest absolute Gasteiger partial charge is 0.464 e. The molecule has 0 amide bonds. The van der Waals surface area contributed by atoms with Gasteiger partial charge in [-0.05, 0) is 12.1 Å². The van der Waals surface area contributed by atoms with Crippen molar-refractivity contribution in [1.82, 2.24) is 9.36 Å². The first kappa shape index (κ1) is 17.6. The molecular formula is C18H15N3O4S. The summed E-state index contributed by atoms with van der Waals surface area (Å²) in [5.74, 6) is 0.330. The lowest BCUT2D eigenvalue weighted by molar-refractivity contribution is -0.132. The highest BCUT2D eigenvalue weighted by Crippen LogP contribution is 2.29. The Morgan fingerprint density at radius 3 is 2.50 bits per heavy atom. The molecule has 3 aromatic rings. The summed E-state index contributed by atoms with van der Waals surface area (Å²) in [5, 5.41) is 4.10. The Hall–Kier alpha value is -3.26. The summed E-state index contributed by atoms with van der Waals surface area (Å²) in [5.41, 5.74) is 1.32. The molecule has 0 N–H and O–H groups in total. The van der Waals surface area contributed by atoms with Gasteiger partial charge in [0.05, 0.1) is 12.7 Å². The summed E-state index contributed by atoms with van der Waals surface area (Å²) >= 11 is 1.12. The van der Waals surface area contributed by atoms with Crippen LogP contribution in [0.25, 0.3) is 11.4 Å². The Bertz CT molecular complexity index is 925. The van der Waals surface area contributed by atoms with Crippen LogP contribution in [0.15, 0.2) is 59.8 Å². The minimum atomic E-state index is -0.634. The first-order valence-electron chi connectivity index (χ1n) is 7.58. The van der Waals surface area contributed by atoms with Crippen LogP contribution in [0.1, 0.15) is 5.56 Å². The number of ether oxygens (including phenoxy) is 2. The van der Waals surface area contributed by atoms with Crippen molar-refractivity contribution in [1.29, 1.82) is 0 Å². The van der Waals surface area contributed by atoms with Crippen molar-refractivity contribution in [2.75, 3.05) is 14.2 Å². The van der Waals surface area contributed by atoms with Gasteiger partial charge in [-0.2, -0.15) is 9.36 Å². The van der Waals surface area contributed by atoms with Gasteiger partial charge in [0.15, 0.2) is 11.5 Å². The van der Waals surface area contributed by atoms with Crippen molar-refractivity contribution in [2.24, 2.45) is 5.16 Å². The standard InChI is InChI=1S/C18H15N3O4S/c1-23-17(22)15(20-24-2)13-10-6-7-11-14(13)25-18-19-16(21-26-18)12-8-4-3-5-9-12/h3-11H,1-2H3/b20-15-. The highest BCUT2D eigenvalue weighted by Gasteiger charge is 2.21. The molecule has 3 rings (SSSR count). The number of para-hydroxylation sites is 1. The first-order valence-corrected chi connectivity index (χ1v) is 8.36. The van der Waals surface area contributed by atoms with E-state index in [1.165, 1.54) is 14.2 Å². The Balaban J connectivity index is 1.91. The zero-order valence-electron chi connectivity index (χ0n) is 14.1. The van der Waals surface area contributed by atoms with Gasteiger partial charge in [0.25, 0.3) is 5.19 Å². The van der Waals surface area contributed by atoms with Crippen molar-refractivity contribution in [3.05, 3.63) is 60.2 Å². The minimum absolute atomic E-state index is 0.00148. The van der Waals surface area contributed by atoms with Gasteiger partial charge in [-0.1, -0.05) is 47.6 Å². The maximum absolute atomic E-state index is 12.0. The molecule has 7 nitrogen and oxygen atoms in total. The number of hydrogen-bond donors (Lipinski definition) is 0. The third-order valence-electron chi connectivity index (χ3n) is 3.34. The monoisotopic (exact) mass is 369 g/mol. The van der Waals surface area contributed by atoms with Crippen LogP contribution in [-0.2, 0) is 14.4 Å². The van der Waals surface area contributed by atoms with Gasteiger partial charge < -0.3 is 14.3 Å². The zero-order chi connectivity index (χ0) is 18.4. The van der Waals surface area contributed by atoms with Crippen molar-refractivity contribution in [3.63, 3.8) is 0 Å². The average molecular weight is 369 g/mol. The summed E-state index contributed by atoms with van der Waals surface area (Å²) in [6.07, 6.45) is 0. The Kier molecular flexibility index (Phi) is 5.55. The second kappa shape index (κ2) is 8.21. The van der Waals surface area contributed by atoms with E-state index in [-0.39, 0.29) is 5.71 Å². The lowest BCUT2D eigenvalue weighted by Gasteiger charge is -2.09. The summed E-state index contributed by atoms with van der Waals surface area (Å²) < 4.78 is 14.9. The van der Waals surface area contributed by atoms with E-state index in [1.54, 1.807) is 24.3 Å². The lowest BCUT2D eigenvalue weighted by Crippen LogP contribution is -2.18. The van der Waals surface area contributed by atoms with Crippen LogP contribution < -0.4 is 4.74 Å². The predicted octanol–water partition coefficient (Wildman–Crippen LogP) is 3.52. The molecule has 132 valence electrons. The van der Waals surface area contributed by atoms with Gasteiger partial charge in [-0.25, -0.2) is 4.79 Å². The Morgan fingerprint density at radius 2 is 1.77 bits per heavy atom. The molecule has 8 heteroatoms. The fraction of sp³-hybridized carbons (Fsp3) is 0.111. The number of carbonyl (C=O) groups is 1. The zero-order valence-corrected chi connectivity index (χ0v) is 14.9. The van der Waals surface area contributed by atoms with E-state index in [0.717, 1.165) is 17.1 Å². The van der Waals surface area contributed by atoms with E-state index in [0.29, 0.717) is 22.3 Å². The maximum Gasteiger partial charge on any atom is 0.360 e. The summed E-state index contributed by atoms with van der Waals surface area (Å²) in [6, 6.07) is 16.5. The Labute approximate surface area is 154 Å². The molecule has 1 aromatic heterocycles. The number of oxime groups is 1. The molecule has 1 heterocycles. The minimum Gasteiger partial charge on any atom is -0.464 e. The van der Waals surface area contributed by atoms with Gasteiger partial charge in [0.1, 0.15) is 12.9 Å². The van der Waals surface area contributed by atoms with E-state index in [1.807, 2.05) is 30.3 Å². The quantitative estimate of drug-likeness (QED) is 0.376. The third kappa shape index (κ3) is 3.86. The number of nitrogens with zero attached hydrogens (tertiary/aromatic N) is 3. The first-order chi connectivity index (χ1) is 12.7. The van der Waals surface area contributed by atoms with Gasteiger partial charge in [-0.3, -0.25) is 0 Å². The molecule has 0 spiro atoms. The molecule has 2 aromatic carbocycles. The molecule has 0 bridgehead atoms. The number of carbonyl (C=O) groups excluding carboxylic acids is 1. The predicted molar refractivity (Wildman–Crippen MR) is 97.4 cm³/mol. The van der Waals surface area contributed by atoms with Gasteiger partial charge in [0, 0.05) is 17.1 Å². The summed E-state index contributed by atoms with van der Waals surface area (Å²) in [4.78, 5) is 21.1. The van der Waals surface area contributed by atoms with Crippen LogP contribution >= 0.6 is 11.5 Å². The molecule has 0 fully saturated rings. The van der Waals surface area contributed by atoms with Gasteiger partial charge in [0.2, 0.25) is 0 Å². The number of methoxy groups -OCH3 is 1. The number of aromatic nitrogens is 2. The second-order valence-electron chi connectivity index (χ2n) is 4.96. The van der Waals surface area contributed by atoms with E-state index in [9.17, 15) is 4.79 Å². The molecule has 0 saturated carbocycles. The fourth-order valence-corrected chi connectivity index (χ4v) is 2.75. The maximum atomic E-state index is 12.0. The number of hydrogen-bond acceptors (Lipinski definition) is 8. The molecule has 0 atom stereocenters. The summed E-state index contributed by atoms with van der Waals surface area (Å²) in [7, 11) is 2.62. The number of benzene rings is 2. The van der Waals surface area contributed by atoms with Crippen LogP contribution in [0.2, 0.25) is 0 Å². The molecule has 0 aliphatic carbocycles. The molecular weight excluding hydrogens is 354 g/mol. The van der Waals surface area contributed by atoms with E-state index >= 15 is 0 Å². The normalized spacial score (nSPS) is 11.1. The van der Waals surface area contributed by atoms with Gasteiger partial charge >= 0.3 is 5.97 Å². The van der Waals surface area contributed by atoms with E-state index in [2.05, 4.69) is 14.5 Å². The van der Waals surface area contributed by atoms with Crippen molar-refractivity contribution in [3.8, 4) is 22.3 Å². The van der Waals surface area contributed by atoms with Crippen LogP contribution in [0.5, 0.6) is 10.9 Å². The van der Waals surface area contributed by atoms with Crippen molar-refractivity contribution in [2.45, 2.75) is 0 Å². The lowest BCUT2D eigenvalue weighted by atomic mass is 10.1. The van der Waals surface area contributed by atoms with Crippen LogP contribution in [0.3, 0.4) is 0 Å². The number of esters is 1. The van der Waals surface area contributed by atoms with Crippen molar-refractivity contribution >= 4 is 23.2 Å². The Morgan fingerprint density at radius 1 is 1.04 bits per heavy atom. The number of rotatable bonds is 6. The third-order valence-corrected chi connectivity index (χ3v) is 3.94. The molecule has 0 saturated heterocycles.